The van der Waals surface area contributed by atoms with Gasteiger partial charge < -0.3 is 24.4 Å². The molecular formula is C36H46N6O8S. The first-order chi connectivity index (χ1) is 24.4. The highest BCUT2D eigenvalue weighted by molar-refractivity contribution is 7.90. The Morgan fingerprint density at radius 1 is 1.10 bits per heavy atom. The van der Waals surface area contributed by atoms with E-state index in [0.717, 1.165) is 17.4 Å². The lowest BCUT2D eigenvalue weighted by Gasteiger charge is -2.29. The standard InChI is InChI=1S/C36H46N6O8S/c1-21-10-8-6-7-9-17-49-23(3)36(45)42-20-24(18-29(42)34(43)38-32(21)35(44)40-51(46,47)25-11-12-25)50-31-19-28(27-15-16-41(4)39-27)37-33-22(2)30(48-5)14-13-26(31)33/h8,10,13-16,19,21,23-25,29,32H,6-7,9,11-12,17-18,20H2,1-5H3,(H,38,43)(H,40,44). The molecule has 3 aliphatic rings. The molecule has 6 rings (SSSR count). The molecule has 2 aromatic heterocycles. The number of methoxy groups -OCH3 is 1. The topological polar surface area (TPSA) is 171 Å². The third-order valence-corrected chi connectivity index (χ3v) is 11.6. The first-order valence-corrected chi connectivity index (χ1v) is 19.0. The van der Waals surface area contributed by atoms with Crippen LogP contribution in [0.2, 0.25) is 0 Å². The number of pyridine rings is 1. The maximum atomic E-state index is 14.1. The number of hydrogen-bond acceptors (Lipinski definition) is 10. The fourth-order valence-corrected chi connectivity index (χ4v) is 7.97. The van der Waals surface area contributed by atoms with Gasteiger partial charge in [-0.1, -0.05) is 19.1 Å². The van der Waals surface area contributed by atoms with E-state index in [-0.39, 0.29) is 18.9 Å². The molecule has 274 valence electrons. The van der Waals surface area contributed by atoms with Gasteiger partial charge in [-0.25, -0.2) is 13.4 Å². The van der Waals surface area contributed by atoms with Crippen molar-refractivity contribution in [3.63, 3.8) is 0 Å². The number of nitrogens with zero attached hydrogens (tertiary/aromatic N) is 4. The molecule has 1 saturated carbocycles. The predicted octanol–water partition coefficient (Wildman–Crippen LogP) is 3.18. The van der Waals surface area contributed by atoms with Crippen molar-refractivity contribution in [1.29, 1.82) is 0 Å². The summed E-state index contributed by atoms with van der Waals surface area (Å²) in [5.41, 5.74) is 2.69. The van der Waals surface area contributed by atoms with Crippen LogP contribution in [0.25, 0.3) is 22.3 Å². The summed E-state index contributed by atoms with van der Waals surface area (Å²) in [7, 11) is -0.448. The van der Waals surface area contributed by atoms with E-state index in [1.165, 1.54) is 4.90 Å². The molecule has 3 amide bonds. The zero-order chi connectivity index (χ0) is 36.4. The van der Waals surface area contributed by atoms with Crippen LogP contribution in [0.1, 0.15) is 57.9 Å². The minimum atomic E-state index is -3.86. The highest BCUT2D eigenvalue weighted by Crippen LogP contribution is 2.37. The van der Waals surface area contributed by atoms with Gasteiger partial charge in [-0.2, -0.15) is 5.10 Å². The lowest BCUT2D eigenvalue weighted by Crippen LogP contribution is -2.56. The Kier molecular flexibility index (Phi) is 10.7. The van der Waals surface area contributed by atoms with Gasteiger partial charge in [-0.05, 0) is 64.2 Å². The molecule has 15 heteroatoms. The number of aryl methyl sites for hydroxylation is 2. The summed E-state index contributed by atoms with van der Waals surface area (Å²) in [5.74, 6) is -1.15. The van der Waals surface area contributed by atoms with Crippen molar-refractivity contribution in [1.82, 2.24) is 29.7 Å². The molecule has 51 heavy (non-hydrogen) atoms. The van der Waals surface area contributed by atoms with Crippen molar-refractivity contribution in [2.45, 2.75) is 88.8 Å². The van der Waals surface area contributed by atoms with E-state index < -0.39 is 57.3 Å². The van der Waals surface area contributed by atoms with E-state index >= 15 is 0 Å². The second-order valence-corrected chi connectivity index (χ2v) is 15.6. The fraction of sp³-hybridized carbons (Fsp3) is 0.528. The molecular weight excluding hydrogens is 676 g/mol. The summed E-state index contributed by atoms with van der Waals surface area (Å²) in [4.78, 5) is 47.8. The van der Waals surface area contributed by atoms with E-state index in [1.54, 1.807) is 31.7 Å². The molecule has 5 unspecified atom stereocenters. The summed E-state index contributed by atoms with van der Waals surface area (Å²) in [5, 5.41) is 7.44. The van der Waals surface area contributed by atoms with Crippen molar-refractivity contribution >= 4 is 38.6 Å². The molecule has 2 fully saturated rings. The van der Waals surface area contributed by atoms with Crippen LogP contribution in [0, 0.1) is 12.8 Å². The molecule has 1 aliphatic carbocycles. The number of amides is 3. The summed E-state index contributed by atoms with van der Waals surface area (Å²) < 4.78 is 47.4. The summed E-state index contributed by atoms with van der Waals surface area (Å²) in [6.07, 6.45) is 7.38. The van der Waals surface area contributed by atoms with Crippen LogP contribution < -0.4 is 19.5 Å². The molecule has 2 aliphatic heterocycles. The van der Waals surface area contributed by atoms with Crippen molar-refractivity contribution < 1.29 is 37.0 Å². The first-order valence-electron chi connectivity index (χ1n) is 17.5. The molecule has 5 atom stereocenters. The van der Waals surface area contributed by atoms with Gasteiger partial charge in [0.05, 0.1) is 30.1 Å². The smallest absolute Gasteiger partial charge is 0.256 e. The third-order valence-electron chi connectivity index (χ3n) is 9.72. The van der Waals surface area contributed by atoms with Gasteiger partial charge in [0, 0.05) is 49.2 Å². The average molecular weight is 723 g/mol. The van der Waals surface area contributed by atoms with Crippen LogP contribution in [0.5, 0.6) is 11.5 Å². The van der Waals surface area contributed by atoms with Crippen molar-refractivity contribution in [3.05, 3.63) is 48.2 Å². The van der Waals surface area contributed by atoms with Crippen molar-refractivity contribution in [3.8, 4) is 22.9 Å². The van der Waals surface area contributed by atoms with Crippen LogP contribution in [0.15, 0.2) is 42.6 Å². The van der Waals surface area contributed by atoms with E-state index in [2.05, 4.69) is 15.1 Å². The normalized spacial score (nSPS) is 25.1. The maximum Gasteiger partial charge on any atom is 0.256 e. The number of hydrogen-bond donors (Lipinski definition) is 2. The van der Waals surface area contributed by atoms with E-state index in [9.17, 15) is 22.8 Å². The summed E-state index contributed by atoms with van der Waals surface area (Å²) in [6.45, 7) is 5.77. The summed E-state index contributed by atoms with van der Waals surface area (Å²) in [6, 6.07) is 5.14. The van der Waals surface area contributed by atoms with Gasteiger partial charge in [-0.15, -0.1) is 0 Å². The Hall–Kier alpha value is -4.50. The van der Waals surface area contributed by atoms with Crippen LogP contribution >= 0.6 is 0 Å². The van der Waals surface area contributed by atoms with Gasteiger partial charge in [0.15, 0.2) is 0 Å². The Labute approximate surface area is 297 Å². The number of carbonyl (C=O) groups is 3. The molecule has 0 radical (unpaired) electrons. The Morgan fingerprint density at radius 2 is 1.88 bits per heavy atom. The Bertz CT molecular complexity index is 1940. The van der Waals surface area contributed by atoms with Gasteiger partial charge in [0.2, 0.25) is 15.9 Å². The number of benzene rings is 1. The average Bonchev–Trinajstić information content (AvgIpc) is 3.76. The number of rotatable bonds is 7. The molecule has 14 nitrogen and oxygen atoms in total. The minimum Gasteiger partial charge on any atom is -0.496 e. The Balaban J connectivity index is 1.33. The monoisotopic (exact) mass is 722 g/mol. The fourth-order valence-electron chi connectivity index (χ4n) is 6.64. The summed E-state index contributed by atoms with van der Waals surface area (Å²) >= 11 is 0. The quantitative estimate of drug-likeness (QED) is 0.346. The number of ether oxygens (including phenoxy) is 3. The van der Waals surface area contributed by atoms with Gasteiger partial charge in [0.25, 0.3) is 11.8 Å². The van der Waals surface area contributed by atoms with Crippen LogP contribution in [0.3, 0.4) is 0 Å². The molecule has 1 saturated heterocycles. The largest absolute Gasteiger partial charge is 0.496 e. The number of nitrogens with one attached hydrogen (secondary N) is 2. The van der Waals surface area contributed by atoms with Crippen LogP contribution in [-0.2, 0) is 36.2 Å². The lowest BCUT2D eigenvalue weighted by molar-refractivity contribution is -0.147. The van der Waals surface area contributed by atoms with Gasteiger partial charge in [0.1, 0.15) is 41.5 Å². The number of carbonyl (C=O) groups excluding carboxylic acids is 3. The molecule has 4 heterocycles. The van der Waals surface area contributed by atoms with Crippen LogP contribution in [-0.4, -0.2) is 95.6 Å². The van der Waals surface area contributed by atoms with Gasteiger partial charge >= 0.3 is 0 Å². The zero-order valence-electron chi connectivity index (χ0n) is 29.6. The SMILES string of the molecule is COc1ccc2c(OC3CC4C(=O)NC(C(=O)NS(=O)(=O)C5CC5)C(C)C=CCCCCOC(C)C(=O)N4C3)cc(-c3ccn(C)n3)nc2c1C. The van der Waals surface area contributed by atoms with E-state index in [4.69, 9.17) is 19.2 Å². The second kappa shape index (κ2) is 15.0. The van der Waals surface area contributed by atoms with E-state index in [1.807, 2.05) is 50.5 Å². The third kappa shape index (κ3) is 8.04. The number of aromatic nitrogens is 3. The minimum absolute atomic E-state index is 0.0743. The Morgan fingerprint density at radius 3 is 2.59 bits per heavy atom. The number of sulfonamides is 1. The molecule has 0 spiro atoms. The van der Waals surface area contributed by atoms with Crippen molar-refractivity contribution in [2.75, 3.05) is 20.3 Å². The molecule has 3 aromatic rings. The maximum absolute atomic E-state index is 14.1. The lowest BCUT2D eigenvalue weighted by atomic mass is 9.99. The zero-order valence-corrected chi connectivity index (χ0v) is 30.4. The molecule has 2 N–H and O–H groups in total. The predicted molar refractivity (Wildman–Crippen MR) is 189 cm³/mol. The highest BCUT2D eigenvalue weighted by atomic mass is 32.2. The molecule has 1 aromatic carbocycles. The second-order valence-electron chi connectivity index (χ2n) is 13.6. The first kappa shape index (κ1) is 36.3. The van der Waals surface area contributed by atoms with Crippen LogP contribution in [0.4, 0.5) is 0 Å². The molecule has 0 bridgehead atoms. The number of fused-ring (bicyclic) bond motifs is 2. The number of allylic oxidation sites excluding steroid dienone is 1. The highest BCUT2D eigenvalue weighted by Gasteiger charge is 2.44. The van der Waals surface area contributed by atoms with Gasteiger partial charge in [-0.3, -0.25) is 23.8 Å². The van der Waals surface area contributed by atoms with Crippen molar-refractivity contribution in [2.24, 2.45) is 13.0 Å². The van der Waals surface area contributed by atoms with E-state index in [0.29, 0.717) is 60.7 Å².